The summed E-state index contributed by atoms with van der Waals surface area (Å²) in [5, 5.41) is 9.17. The van der Waals surface area contributed by atoms with Crippen LogP contribution in [0.4, 0.5) is 0 Å². The molecule has 1 N–H and O–H groups in total. The maximum Gasteiger partial charge on any atom is 0.254 e. The fraction of sp³-hybridized carbons (Fsp3) is 0.500. The highest BCUT2D eigenvalue weighted by molar-refractivity contribution is 9.10. The van der Waals surface area contributed by atoms with Gasteiger partial charge >= 0.3 is 0 Å². The van der Waals surface area contributed by atoms with Crippen molar-refractivity contribution in [2.24, 2.45) is 0 Å². The molecule has 0 spiro atoms. The second-order valence-corrected chi connectivity index (χ2v) is 5.88. The lowest BCUT2D eigenvalue weighted by atomic mass is 10.1. The minimum Gasteiger partial charge on any atom is -0.394 e. The number of aliphatic hydroxyl groups excluding tert-OH is 1. The fourth-order valence-corrected chi connectivity index (χ4v) is 2.84. The van der Waals surface area contributed by atoms with Crippen molar-refractivity contribution >= 4 is 21.8 Å². The molecule has 0 aromatic heterocycles. The number of amides is 1. The Morgan fingerprint density at radius 2 is 2.26 bits per heavy atom. The van der Waals surface area contributed by atoms with Gasteiger partial charge in [0.15, 0.2) is 0 Å². The lowest BCUT2D eigenvalue weighted by Crippen LogP contribution is -2.52. The number of hydrogen-bond donors (Lipinski definition) is 1. The van der Waals surface area contributed by atoms with Gasteiger partial charge in [-0.3, -0.25) is 4.79 Å². The first-order valence-electron chi connectivity index (χ1n) is 6.32. The van der Waals surface area contributed by atoms with Gasteiger partial charge in [-0.2, -0.15) is 0 Å². The minimum atomic E-state index is -0.284. The van der Waals surface area contributed by atoms with Gasteiger partial charge < -0.3 is 14.7 Å². The van der Waals surface area contributed by atoms with E-state index in [4.69, 9.17) is 9.84 Å². The zero-order chi connectivity index (χ0) is 14.0. The quantitative estimate of drug-likeness (QED) is 0.903. The number of halogens is 1. The normalized spacial score (nSPS) is 23.5. The first-order valence-corrected chi connectivity index (χ1v) is 7.11. The number of benzene rings is 1. The predicted molar refractivity (Wildman–Crippen MR) is 76.2 cm³/mol. The van der Waals surface area contributed by atoms with Crippen LogP contribution in [0.1, 0.15) is 22.8 Å². The Labute approximate surface area is 121 Å². The molecule has 1 aromatic carbocycles. The van der Waals surface area contributed by atoms with Gasteiger partial charge in [0.2, 0.25) is 0 Å². The summed E-state index contributed by atoms with van der Waals surface area (Å²) in [4.78, 5) is 14.3. The molecule has 0 saturated carbocycles. The average molecular weight is 328 g/mol. The summed E-state index contributed by atoms with van der Waals surface area (Å²) >= 11 is 3.41. The number of carbonyl (C=O) groups is 1. The summed E-state index contributed by atoms with van der Waals surface area (Å²) in [6, 6.07) is 5.69. The van der Waals surface area contributed by atoms with E-state index >= 15 is 0 Å². The molecule has 1 amide bonds. The molecule has 19 heavy (non-hydrogen) atoms. The number of carbonyl (C=O) groups excluding carboxylic acids is 1. The van der Waals surface area contributed by atoms with Gasteiger partial charge in [0, 0.05) is 16.6 Å². The average Bonchev–Trinajstić information content (AvgIpc) is 2.37. The van der Waals surface area contributed by atoms with Crippen LogP contribution in [0.15, 0.2) is 22.7 Å². The van der Waals surface area contributed by atoms with Gasteiger partial charge in [0.1, 0.15) is 0 Å². The van der Waals surface area contributed by atoms with Crippen LogP contribution in [0.5, 0.6) is 0 Å². The molecule has 2 rings (SSSR count). The van der Waals surface area contributed by atoms with Crippen LogP contribution < -0.4 is 0 Å². The second kappa shape index (κ2) is 6.03. The van der Waals surface area contributed by atoms with Crippen molar-refractivity contribution in [2.75, 3.05) is 19.8 Å². The third-order valence-electron chi connectivity index (χ3n) is 3.26. The lowest BCUT2D eigenvalue weighted by Gasteiger charge is -2.37. The minimum absolute atomic E-state index is 0.0151. The molecule has 1 fully saturated rings. The van der Waals surface area contributed by atoms with E-state index in [1.165, 1.54) is 0 Å². The number of ether oxygens (including phenoxy) is 1. The van der Waals surface area contributed by atoms with Gasteiger partial charge in [0.25, 0.3) is 5.91 Å². The predicted octanol–water partition coefficient (Wildman–Crippen LogP) is 1.98. The molecule has 5 heteroatoms. The number of nitrogens with zero attached hydrogens (tertiary/aromatic N) is 1. The zero-order valence-corrected chi connectivity index (χ0v) is 12.7. The van der Waals surface area contributed by atoms with Crippen LogP contribution in [0.25, 0.3) is 0 Å². The van der Waals surface area contributed by atoms with Gasteiger partial charge in [-0.05, 0) is 37.6 Å². The Balaban J connectivity index is 2.21. The van der Waals surface area contributed by atoms with Gasteiger partial charge in [-0.25, -0.2) is 0 Å². The number of rotatable bonds is 2. The Hall–Kier alpha value is -0.910. The molecule has 1 aliphatic rings. The van der Waals surface area contributed by atoms with E-state index in [0.29, 0.717) is 18.7 Å². The first-order chi connectivity index (χ1) is 9.01. The summed E-state index contributed by atoms with van der Waals surface area (Å²) in [6.07, 6.45) is -0.284. The molecule has 1 aliphatic heterocycles. The van der Waals surface area contributed by atoms with Crippen molar-refractivity contribution in [1.82, 2.24) is 4.90 Å². The Morgan fingerprint density at radius 3 is 2.89 bits per heavy atom. The van der Waals surface area contributed by atoms with E-state index in [-0.39, 0.29) is 24.7 Å². The largest absolute Gasteiger partial charge is 0.394 e. The second-order valence-electron chi connectivity index (χ2n) is 4.96. The maximum atomic E-state index is 12.5. The Bertz CT molecular complexity index is 458. The SMILES string of the molecule is Cc1cc(Br)cc(C(=O)N2C[C@H](CO)OC[C@H]2C)c1. The maximum absolute atomic E-state index is 12.5. The summed E-state index contributed by atoms with van der Waals surface area (Å²) in [6.45, 7) is 4.75. The molecule has 2 atom stereocenters. The molecular formula is C14H18BrNO3. The highest BCUT2D eigenvalue weighted by Crippen LogP contribution is 2.20. The molecule has 4 nitrogen and oxygen atoms in total. The third kappa shape index (κ3) is 3.35. The molecule has 1 heterocycles. The van der Waals surface area contributed by atoms with Crippen molar-refractivity contribution in [1.29, 1.82) is 0 Å². The monoisotopic (exact) mass is 327 g/mol. The number of hydrogen-bond acceptors (Lipinski definition) is 3. The van der Waals surface area contributed by atoms with E-state index in [0.717, 1.165) is 10.0 Å². The van der Waals surface area contributed by atoms with Crippen LogP contribution >= 0.6 is 15.9 Å². The molecular weight excluding hydrogens is 310 g/mol. The van der Waals surface area contributed by atoms with Crippen molar-refractivity contribution in [3.8, 4) is 0 Å². The van der Waals surface area contributed by atoms with Crippen molar-refractivity contribution < 1.29 is 14.6 Å². The van der Waals surface area contributed by atoms with Crippen LogP contribution in [0, 0.1) is 6.92 Å². The van der Waals surface area contributed by atoms with Crippen LogP contribution in [0.3, 0.4) is 0 Å². The van der Waals surface area contributed by atoms with E-state index in [1.54, 1.807) is 4.90 Å². The topological polar surface area (TPSA) is 49.8 Å². The summed E-state index contributed by atoms with van der Waals surface area (Å²) in [7, 11) is 0. The van der Waals surface area contributed by atoms with Crippen molar-refractivity contribution in [2.45, 2.75) is 26.0 Å². The first kappa shape index (κ1) is 14.5. The molecule has 0 aliphatic carbocycles. The Morgan fingerprint density at radius 1 is 1.53 bits per heavy atom. The highest BCUT2D eigenvalue weighted by atomic mass is 79.9. The molecule has 104 valence electrons. The molecule has 1 saturated heterocycles. The van der Waals surface area contributed by atoms with Crippen LogP contribution in [0.2, 0.25) is 0 Å². The van der Waals surface area contributed by atoms with E-state index < -0.39 is 0 Å². The lowest BCUT2D eigenvalue weighted by molar-refractivity contribution is -0.0667. The van der Waals surface area contributed by atoms with E-state index in [9.17, 15) is 4.79 Å². The fourth-order valence-electron chi connectivity index (χ4n) is 2.24. The summed E-state index contributed by atoms with van der Waals surface area (Å²) in [5.41, 5.74) is 1.70. The van der Waals surface area contributed by atoms with E-state index in [2.05, 4.69) is 15.9 Å². The third-order valence-corrected chi connectivity index (χ3v) is 3.72. The number of morpholine rings is 1. The van der Waals surface area contributed by atoms with Crippen LogP contribution in [-0.2, 0) is 4.74 Å². The summed E-state index contributed by atoms with van der Waals surface area (Å²) in [5.74, 6) is -0.0151. The smallest absolute Gasteiger partial charge is 0.254 e. The number of aliphatic hydroxyl groups is 1. The van der Waals surface area contributed by atoms with Crippen molar-refractivity contribution in [3.63, 3.8) is 0 Å². The number of aryl methyl sites for hydroxylation is 1. The van der Waals surface area contributed by atoms with Crippen molar-refractivity contribution in [3.05, 3.63) is 33.8 Å². The molecule has 0 unspecified atom stereocenters. The van der Waals surface area contributed by atoms with Gasteiger partial charge in [-0.15, -0.1) is 0 Å². The zero-order valence-electron chi connectivity index (χ0n) is 11.1. The van der Waals surface area contributed by atoms with Gasteiger partial charge in [-0.1, -0.05) is 15.9 Å². The molecule has 0 radical (unpaired) electrons. The standard InChI is InChI=1S/C14H18BrNO3/c1-9-3-11(5-12(15)4-9)14(18)16-6-13(7-17)19-8-10(16)2/h3-5,10,13,17H,6-8H2,1-2H3/t10-,13-/m1/s1. The Kier molecular flexibility index (Phi) is 4.60. The molecule has 1 aromatic rings. The van der Waals surface area contributed by atoms with Gasteiger partial charge in [0.05, 0.1) is 25.4 Å². The summed E-state index contributed by atoms with van der Waals surface area (Å²) < 4.78 is 6.35. The molecule has 0 bridgehead atoms. The van der Waals surface area contributed by atoms with E-state index in [1.807, 2.05) is 32.0 Å². The van der Waals surface area contributed by atoms with Crippen LogP contribution in [-0.4, -0.2) is 47.8 Å². The highest BCUT2D eigenvalue weighted by Gasteiger charge is 2.30.